The van der Waals surface area contributed by atoms with Crippen molar-refractivity contribution in [3.05, 3.63) is 45.2 Å². The predicted molar refractivity (Wildman–Crippen MR) is 72.5 cm³/mol. The molecule has 0 bridgehead atoms. The van der Waals surface area contributed by atoms with Crippen molar-refractivity contribution in [3.63, 3.8) is 0 Å². The van der Waals surface area contributed by atoms with Gasteiger partial charge in [0.25, 0.3) is 5.91 Å². The van der Waals surface area contributed by atoms with Crippen LogP contribution in [0, 0.1) is 13.8 Å². The van der Waals surface area contributed by atoms with Crippen molar-refractivity contribution in [1.29, 1.82) is 0 Å². The van der Waals surface area contributed by atoms with Crippen molar-refractivity contribution in [2.45, 2.75) is 13.8 Å². The van der Waals surface area contributed by atoms with Crippen molar-refractivity contribution in [2.75, 3.05) is 5.32 Å². The van der Waals surface area contributed by atoms with E-state index < -0.39 is 0 Å². The predicted octanol–water partition coefficient (Wildman–Crippen LogP) is 3.59. The van der Waals surface area contributed by atoms with Gasteiger partial charge >= 0.3 is 0 Å². The molecular formula is C12H11Cl2N3O. The average Bonchev–Trinajstić information content (AvgIpc) is 2.59. The van der Waals surface area contributed by atoms with Crippen LogP contribution in [-0.2, 0) is 0 Å². The Morgan fingerprint density at radius 2 is 1.83 bits per heavy atom. The zero-order chi connectivity index (χ0) is 13.3. The first-order valence-electron chi connectivity index (χ1n) is 5.26. The van der Waals surface area contributed by atoms with Crippen LogP contribution >= 0.6 is 23.2 Å². The summed E-state index contributed by atoms with van der Waals surface area (Å²) in [6.07, 6.45) is 0. The number of hydrogen-bond donors (Lipinski definition) is 2. The van der Waals surface area contributed by atoms with Gasteiger partial charge in [0.15, 0.2) is 0 Å². The third kappa shape index (κ3) is 2.66. The largest absolute Gasteiger partial charge is 0.319 e. The highest BCUT2D eigenvalue weighted by Crippen LogP contribution is 2.21. The fourth-order valence-electron chi connectivity index (χ4n) is 1.61. The van der Waals surface area contributed by atoms with E-state index in [9.17, 15) is 4.79 Å². The van der Waals surface area contributed by atoms with Crippen molar-refractivity contribution in [1.82, 2.24) is 10.2 Å². The first-order chi connectivity index (χ1) is 8.47. The molecule has 0 saturated heterocycles. The third-order valence-electron chi connectivity index (χ3n) is 2.49. The summed E-state index contributed by atoms with van der Waals surface area (Å²) >= 11 is 11.7. The summed E-state index contributed by atoms with van der Waals surface area (Å²) in [5.41, 5.74) is 2.62. The molecule has 0 aliphatic heterocycles. The Bertz CT molecular complexity index is 568. The molecule has 2 rings (SSSR count). The number of rotatable bonds is 2. The van der Waals surface area contributed by atoms with Gasteiger partial charge in [0, 0.05) is 15.6 Å². The minimum Gasteiger partial charge on any atom is -0.319 e. The van der Waals surface area contributed by atoms with Crippen LogP contribution in [0.2, 0.25) is 10.0 Å². The minimum absolute atomic E-state index is 0.271. The molecule has 1 heterocycles. The van der Waals surface area contributed by atoms with Gasteiger partial charge < -0.3 is 5.32 Å². The zero-order valence-electron chi connectivity index (χ0n) is 9.84. The second-order valence-electron chi connectivity index (χ2n) is 3.92. The number of H-pyrrole nitrogens is 1. The lowest BCUT2D eigenvalue weighted by Gasteiger charge is -2.06. The quantitative estimate of drug-likeness (QED) is 0.885. The van der Waals surface area contributed by atoms with Crippen molar-refractivity contribution >= 4 is 34.8 Å². The lowest BCUT2D eigenvalue weighted by Crippen LogP contribution is -2.13. The summed E-state index contributed by atoms with van der Waals surface area (Å²) in [5, 5.41) is 10.4. The molecule has 1 aromatic carbocycles. The fourth-order valence-corrected chi connectivity index (χ4v) is 2.13. The standard InChI is InChI=1S/C12H11Cl2N3O/c1-6-11(7(2)17-16-6)15-12(18)8-3-9(13)5-10(14)4-8/h3-5H,1-2H3,(H,15,18)(H,16,17). The van der Waals surface area contributed by atoms with E-state index in [4.69, 9.17) is 23.2 Å². The van der Waals surface area contributed by atoms with Gasteiger partial charge in [0.1, 0.15) is 0 Å². The number of hydrogen-bond acceptors (Lipinski definition) is 2. The normalized spacial score (nSPS) is 10.4. The average molecular weight is 284 g/mol. The van der Waals surface area contributed by atoms with Gasteiger partial charge in [-0.3, -0.25) is 9.89 Å². The number of nitrogens with one attached hydrogen (secondary N) is 2. The molecule has 0 unspecified atom stereocenters. The van der Waals surface area contributed by atoms with Crippen molar-refractivity contribution < 1.29 is 4.79 Å². The summed E-state index contributed by atoms with van der Waals surface area (Å²) in [7, 11) is 0. The Balaban J connectivity index is 2.27. The Hall–Kier alpha value is -1.52. The number of nitrogens with zero attached hydrogens (tertiary/aromatic N) is 1. The minimum atomic E-state index is -0.271. The molecule has 18 heavy (non-hydrogen) atoms. The van der Waals surface area contributed by atoms with Crippen LogP contribution < -0.4 is 5.32 Å². The Morgan fingerprint density at radius 1 is 1.22 bits per heavy atom. The summed E-state index contributed by atoms with van der Waals surface area (Å²) in [4.78, 5) is 12.1. The SMILES string of the molecule is Cc1n[nH]c(C)c1NC(=O)c1cc(Cl)cc(Cl)c1. The molecule has 1 amide bonds. The second kappa shape index (κ2) is 5.00. The van der Waals surface area contributed by atoms with E-state index in [0.29, 0.717) is 21.3 Å². The molecule has 0 spiro atoms. The molecule has 0 saturated carbocycles. The van der Waals surface area contributed by atoms with E-state index in [0.717, 1.165) is 11.4 Å². The van der Waals surface area contributed by atoms with E-state index in [1.165, 1.54) is 0 Å². The molecule has 1 aromatic heterocycles. The number of aryl methyl sites for hydroxylation is 2. The molecule has 0 atom stereocenters. The highest BCUT2D eigenvalue weighted by molar-refractivity contribution is 6.35. The molecule has 94 valence electrons. The van der Waals surface area contributed by atoms with Gasteiger partial charge in [0.2, 0.25) is 0 Å². The first kappa shape index (κ1) is 12.9. The molecule has 0 fully saturated rings. The molecule has 0 radical (unpaired) electrons. The van der Waals surface area contributed by atoms with Gasteiger partial charge in [-0.2, -0.15) is 5.10 Å². The van der Waals surface area contributed by atoms with Crippen LogP contribution in [0.1, 0.15) is 21.7 Å². The number of aromatic amines is 1. The number of anilines is 1. The van der Waals surface area contributed by atoms with Crippen LogP contribution in [0.4, 0.5) is 5.69 Å². The smallest absolute Gasteiger partial charge is 0.255 e. The Labute approximate surface area is 114 Å². The van der Waals surface area contributed by atoms with Crippen LogP contribution in [-0.4, -0.2) is 16.1 Å². The van der Waals surface area contributed by atoms with E-state index >= 15 is 0 Å². The van der Waals surface area contributed by atoms with Crippen LogP contribution in [0.3, 0.4) is 0 Å². The third-order valence-corrected chi connectivity index (χ3v) is 2.93. The van der Waals surface area contributed by atoms with Gasteiger partial charge in [-0.15, -0.1) is 0 Å². The lowest BCUT2D eigenvalue weighted by molar-refractivity contribution is 0.102. The maximum absolute atomic E-state index is 12.1. The first-order valence-corrected chi connectivity index (χ1v) is 6.02. The number of carbonyl (C=O) groups excluding carboxylic acids is 1. The molecule has 2 N–H and O–H groups in total. The number of carbonyl (C=O) groups is 1. The summed E-state index contributed by atoms with van der Waals surface area (Å²) < 4.78 is 0. The lowest BCUT2D eigenvalue weighted by atomic mass is 10.2. The maximum atomic E-state index is 12.1. The number of benzene rings is 1. The molecule has 0 aliphatic rings. The van der Waals surface area contributed by atoms with E-state index in [1.54, 1.807) is 18.2 Å². The molecular weight excluding hydrogens is 273 g/mol. The summed E-state index contributed by atoms with van der Waals surface area (Å²) in [6.45, 7) is 3.64. The Kier molecular flexibility index (Phi) is 3.59. The van der Waals surface area contributed by atoms with Crippen LogP contribution in [0.15, 0.2) is 18.2 Å². The number of amides is 1. The van der Waals surface area contributed by atoms with E-state index in [2.05, 4.69) is 15.5 Å². The molecule has 4 nitrogen and oxygen atoms in total. The molecule has 0 aliphatic carbocycles. The Morgan fingerprint density at radius 3 is 2.33 bits per heavy atom. The van der Waals surface area contributed by atoms with Crippen LogP contribution in [0.5, 0.6) is 0 Å². The van der Waals surface area contributed by atoms with Crippen LogP contribution in [0.25, 0.3) is 0 Å². The summed E-state index contributed by atoms with van der Waals surface area (Å²) in [6, 6.07) is 4.70. The maximum Gasteiger partial charge on any atom is 0.255 e. The number of halogens is 2. The van der Waals surface area contributed by atoms with E-state index in [-0.39, 0.29) is 5.91 Å². The fraction of sp³-hybridized carbons (Fsp3) is 0.167. The van der Waals surface area contributed by atoms with Gasteiger partial charge in [-0.1, -0.05) is 23.2 Å². The van der Waals surface area contributed by atoms with Gasteiger partial charge in [-0.25, -0.2) is 0 Å². The molecule has 6 heteroatoms. The zero-order valence-corrected chi connectivity index (χ0v) is 11.4. The van der Waals surface area contributed by atoms with Gasteiger partial charge in [-0.05, 0) is 32.0 Å². The topological polar surface area (TPSA) is 57.8 Å². The van der Waals surface area contributed by atoms with Gasteiger partial charge in [0.05, 0.1) is 17.1 Å². The number of aromatic nitrogens is 2. The van der Waals surface area contributed by atoms with Crippen molar-refractivity contribution in [3.8, 4) is 0 Å². The van der Waals surface area contributed by atoms with E-state index in [1.807, 2.05) is 13.8 Å². The van der Waals surface area contributed by atoms with Crippen molar-refractivity contribution in [2.24, 2.45) is 0 Å². The highest BCUT2D eigenvalue weighted by Gasteiger charge is 2.12. The monoisotopic (exact) mass is 283 g/mol. The highest BCUT2D eigenvalue weighted by atomic mass is 35.5. The second-order valence-corrected chi connectivity index (χ2v) is 4.79. The summed E-state index contributed by atoms with van der Waals surface area (Å²) in [5.74, 6) is -0.271. The molecule has 2 aromatic rings.